The molecule has 0 atom stereocenters. The zero-order valence-electron chi connectivity index (χ0n) is 22.5. The fourth-order valence-electron chi connectivity index (χ4n) is 3.83. The molecule has 0 bridgehead atoms. The number of rotatable bonds is 8. The summed E-state index contributed by atoms with van der Waals surface area (Å²) in [7, 11) is -10.2. The summed E-state index contributed by atoms with van der Waals surface area (Å²) < 4.78 is 72.1. The van der Waals surface area contributed by atoms with E-state index in [2.05, 4.69) is 21.3 Å². The molecule has 0 spiro atoms. The molecule has 4 amide bonds. The highest BCUT2D eigenvalue weighted by molar-refractivity contribution is 7.86. The van der Waals surface area contributed by atoms with Crippen molar-refractivity contribution < 1.29 is 35.5 Å². The fraction of sp³-hybridized carbons (Fsp3) is 0. The van der Waals surface area contributed by atoms with Gasteiger partial charge in [-0.25, -0.2) is 26.4 Å². The van der Waals surface area contributed by atoms with Gasteiger partial charge in [-0.15, -0.1) is 0 Å². The molecule has 4 aromatic rings. The van der Waals surface area contributed by atoms with Gasteiger partial charge in [-0.1, -0.05) is 24.3 Å². The van der Waals surface area contributed by atoms with Crippen molar-refractivity contribution in [3.8, 4) is 0 Å². The Balaban J connectivity index is 1.55. The SMILES string of the molecule is Nc1ccc(NC(=O)Nc2ccc(C=Cc3ccc(NC(=O)Nc4ccc(N)cc4)cc3S(=O)(=O)[O-])c(S(=O)(=O)[O-])c2)cc1. The van der Waals surface area contributed by atoms with E-state index in [1.54, 1.807) is 48.5 Å². The number of carbonyl (C=O) groups is 2. The second-order valence-corrected chi connectivity index (χ2v) is 11.8. The lowest BCUT2D eigenvalue weighted by Crippen LogP contribution is -2.19. The maximum absolute atomic E-state index is 12.3. The molecule has 0 saturated carbocycles. The second-order valence-electron chi connectivity index (χ2n) is 9.15. The van der Waals surface area contributed by atoms with Crippen molar-refractivity contribution in [2.45, 2.75) is 9.79 Å². The van der Waals surface area contributed by atoms with Crippen LogP contribution < -0.4 is 32.7 Å². The molecule has 4 rings (SSSR count). The monoisotopic (exact) mass is 636 g/mol. The minimum atomic E-state index is -5.08. The molecule has 16 heteroatoms. The summed E-state index contributed by atoms with van der Waals surface area (Å²) in [5, 5.41) is 9.86. The molecule has 4 aromatic carbocycles. The lowest BCUT2D eigenvalue weighted by Gasteiger charge is -2.15. The van der Waals surface area contributed by atoms with Gasteiger partial charge >= 0.3 is 12.1 Å². The van der Waals surface area contributed by atoms with Crippen LogP contribution in [0.5, 0.6) is 0 Å². The fourth-order valence-corrected chi connectivity index (χ4v) is 5.22. The van der Waals surface area contributed by atoms with Crippen molar-refractivity contribution >= 4 is 78.6 Å². The standard InChI is InChI=1S/C28H26N6O8S2/c29-19-5-11-21(12-6-19)31-27(35)33-23-9-3-17(25(15-23)43(37,38)39)1-2-18-4-10-24(16-26(18)44(40,41)42)34-28(36)32-22-13-7-20(30)8-14-22/h1-16H,29-30H2,(H2,31,33,35)(H2,32,34,36)(H,37,38,39)(H,40,41,42)/p-2. The predicted molar refractivity (Wildman–Crippen MR) is 165 cm³/mol. The summed E-state index contributed by atoms with van der Waals surface area (Å²) in [6, 6.07) is 17.9. The Morgan fingerprint density at radius 1 is 0.523 bits per heavy atom. The highest BCUT2D eigenvalue weighted by atomic mass is 32.2. The molecule has 0 aliphatic carbocycles. The first-order chi connectivity index (χ1) is 20.7. The molecule has 0 aromatic heterocycles. The van der Waals surface area contributed by atoms with E-state index in [4.69, 9.17) is 11.5 Å². The van der Waals surface area contributed by atoms with E-state index in [1.165, 1.54) is 24.3 Å². The van der Waals surface area contributed by atoms with Crippen molar-refractivity contribution in [2.24, 2.45) is 0 Å². The van der Waals surface area contributed by atoms with Crippen LogP contribution in [-0.4, -0.2) is 38.0 Å². The maximum Gasteiger partial charge on any atom is 0.323 e. The smallest absolute Gasteiger partial charge is 0.323 e. The molecule has 0 aliphatic heterocycles. The first-order valence-corrected chi connectivity index (χ1v) is 15.2. The van der Waals surface area contributed by atoms with Gasteiger partial charge in [0.2, 0.25) is 0 Å². The van der Waals surface area contributed by atoms with Crippen LogP contribution in [0, 0.1) is 0 Å². The van der Waals surface area contributed by atoms with Crippen molar-refractivity contribution in [1.29, 1.82) is 0 Å². The van der Waals surface area contributed by atoms with E-state index in [0.717, 1.165) is 24.3 Å². The van der Waals surface area contributed by atoms with Gasteiger partial charge in [-0.2, -0.15) is 0 Å². The highest BCUT2D eigenvalue weighted by Crippen LogP contribution is 2.26. The van der Waals surface area contributed by atoms with Crippen LogP contribution in [-0.2, 0) is 20.2 Å². The number of amides is 4. The molecule has 0 aliphatic rings. The average molecular weight is 637 g/mol. The van der Waals surface area contributed by atoms with Gasteiger partial charge < -0.3 is 41.8 Å². The van der Waals surface area contributed by atoms with E-state index in [0.29, 0.717) is 22.7 Å². The lowest BCUT2D eigenvalue weighted by atomic mass is 10.1. The van der Waals surface area contributed by atoms with Gasteiger partial charge in [0, 0.05) is 34.1 Å². The number of nitrogens with two attached hydrogens (primary N) is 2. The molecule has 228 valence electrons. The number of hydrogen-bond acceptors (Lipinski definition) is 10. The van der Waals surface area contributed by atoms with Crippen LogP contribution in [0.3, 0.4) is 0 Å². The van der Waals surface area contributed by atoms with Crippen molar-refractivity contribution in [3.05, 3.63) is 96.1 Å². The first-order valence-electron chi connectivity index (χ1n) is 12.4. The van der Waals surface area contributed by atoms with Crippen LogP contribution in [0.1, 0.15) is 11.1 Å². The second kappa shape index (κ2) is 12.8. The largest absolute Gasteiger partial charge is 0.744 e. The quantitative estimate of drug-likeness (QED) is 0.0916. The van der Waals surface area contributed by atoms with Crippen LogP contribution in [0.25, 0.3) is 12.2 Å². The van der Waals surface area contributed by atoms with Gasteiger partial charge in [0.15, 0.2) is 0 Å². The normalized spacial score (nSPS) is 11.6. The Hall–Kier alpha value is -5.42. The van der Waals surface area contributed by atoms with Crippen molar-refractivity contribution in [2.75, 3.05) is 32.7 Å². The zero-order valence-corrected chi connectivity index (χ0v) is 24.1. The summed E-state index contributed by atoms with van der Waals surface area (Å²) in [5.74, 6) is 0. The summed E-state index contributed by atoms with van der Waals surface area (Å²) in [6.07, 6.45) is 2.24. The molecule has 44 heavy (non-hydrogen) atoms. The molecule has 0 saturated heterocycles. The Morgan fingerprint density at radius 3 is 1.14 bits per heavy atom. The highest BCUT2D eigenvalue weighted by Gasteiger charge is 2.13. The van der Waals surface area contributed by atoms with Gasteiger partial charge in [0.05, 0.1) is 9.79 Å². The van der Waals surface area contributed by atoms with Crippen LogP contribution in [0.15, 0.2) is 94.7 Å². The molecular formula is C28H24N6O8S2-2. The van der Waals surface area contributed by atoms with E-state index in [9.17, 15) is 35.5 Å². The molecule has 0 radical (unpaired) electrons. The van der Waals surface area contributed by atoms with Gasteiger partial charge in [0.1, 0.15) is 20.2 Å². The third-order valence-electron chi connectivity index (χ3n) is 5.86. The van der Waals surface area contributed by atoms with Gasteiger partial charge in [-0.3, -0.25) is 0 Å². The summed E-state index contributed by atoms with van der Waals surface area (Å²) in [6.45, 7) is 0. The van der Waals surface area contributed by atoms with E-state index in [1.807, 2.05) is 0 Å². The van der Waals surface area contributed by atoms with Crippen molar-refractivity contribution in [1.82, 2.24) is 0 Å². The number of hydrogen-bond donors (Lipinski definition) is 6. The Morgan fingerprint density at radius 2 is 0.818 bits per heavy atom. The molecule has 0 heterocycles. The van der Waals surface area contributed by atoms with Crippen molar-refractivity contribution in [3.63, 3.8) is 0 Å². The average Bonchev–Trinajstić information content (AvgIpc) is 2.94. The summed E-state index contributed by atoms with van der Waals surface area (Å²) in [4.78, 5) is 23.2. The van der Waals surface area contributed by atoms with E-state index >= 15 is 0 Å². The lowest BCUT2D eigenvalue weighted by molar-refractivity contribution is 0.261. The van der Waals surface area contributed by atoms with Gasteiger partial charge in [0.25, 0.3) is 0 Å². The van der Waals surface area contributed by atoms with Gasteiger partial charge in [-0.05, 0) is 83.9 Å². The third-order valence-corrected chi connectivity index (χ3v) is 7.65. The number of anilines is 6. The molecule has 14 nitrogen and oxygen atoms in total. The van der Waals surface area contributed by atoms with Crippen LogP contribution in [0.2, 0.25) is 0 Å². The predicted octanol–water partition coefficient (Wildman–Crippen LogP) is 4.12. The summed E-state index contributed by atoms with van der Waals surface area (Å²) >= 11 is 0. The minimum Gasteiger partial charge on any atom is -0.744 e. The Kier molecular flexibility index (Phi) is 9.20. The topological polar surface area (TPSA) is 249 Å². The minimum absolute atomic E-state index is 0.0278. The maximum atomic E-state index is 12.3. The first kappa shape index (κ1) is 31.5. The van der Waals surface area contributed by atoms with Crippen LogP contribution >= 0.6 is 0 Å². The number of benzene rings is 4. The van der Waals surface area contributed by atoms with E-state index < -0.39 is 42.1 Å². The number of carbonyl (C=O) groups excluding carboxylic acids is 2. The molecular weight excluding hydrogens is 612 g/mol. The number of urea groups is 2. The Bertz CT molecular complexity index is 1820. The molecule has 0 unspecified atom stereocenters. The van der Waals surface area contributed by atoms with Crippen LogP contribution in [0.4, 0.5) is 43.7 Å². The molecule has 8 N–H and O–H groups in total. The molecule has 0 fully saturated rings. The Labute approximate surface area is 252 Å². The zero-order chi connectivity index (χ0) is 32.1. The third kappa shape index (κ3) is 8.55. The summed E-state index contributed by atoms with van der Waals surface area (Å²) in [5.41, 5.74) is 12.6. The number of nitrogen functional groups attached to an aromatic ring is 2. The van der Waals surface area contributed by atoms with E-state index in [-0.39, 0.29) is 22.5 Å². The number of nitrogens with one attached hydrogen (secondary N) is 4.